The Morgan fingerprint density at radius 3 is 2.08 bits per heavy atom. The highest BCUT2D eigenvalue weighted by atomic mass is 19.4. The van der Waals surface area contributed by atoms with Gasteiger partial charge in [-0.25, -0.2) is 4.68 Å². The fourth-order valence-electron chi connectivity index (χ4n) is 2.65. The van der Waals surface area contributed by atoms with Crippen LogP contribution < -0.4 is 11.3 Å². The maximum Gasteiger partial charge on any atom is 0.416 e. The lowest BCUT2D eigenvalue weighted by Crippen LogP contribution is -2.20. The summed E-state index contributed by atoms with van der Waals surface area (Å²) >= 11 is 0. The van der Waals surface area contributed by atoms with E-state index in [9.17, 15) is 18.0 Å². The lowest BCUT2D eigenvalue weighted by atomic mass is 10.1. The second-order valence-corrected chi connectivity index (χ2v) is 5.31. The molecule has 0 bridgehead atoms. The number of alkyl halides is 3. The number of hydrogen-bond donors (Lipinski definition) is 1. The minimum atomic E-state index is -4.42. The number of rotatable bonds is 2. The first-order valence-electron chi connectivity index (χ1n) is 7.11. The summed E-state index contributed by atoms with van der Waals surface area (Å²) in [4.78, 5) is 12.5. The van der Waals surface area contributed by atoms with Crippen molar-refractivity contribution in [1.29, 1.82) is 0 Å². The van der Waals surface area contributed by atoms with Crippen molar-refractivity contribution >= 4 is 5.69 Å². The molecule has 0 amide bonds. The summed E-state index contributed by atoms with van der Waals surface area (Å²) in [5.41, 5.74) is 6.31. The fourth-order valence-corrected chi connectivity index (χ4v) is 2.65. The number of aromatic nitrogens is 2. The number of hydrogen-bond acceptors (Lipinski definition) is 2. The van der Waals surface area contributed by atoms with Crippen LogP contribution in [0.15, 0.2) is 59.4 Å². The van der Waals surface area contributed by atoms with E-state index in [2.05, 4.69) is 0 Å². The molecule has 0 saturated carbocycles. The van der Waals surface area contributed by atoms with Crippen molar-refractivity contribution in [2.24, 2.45) is 7.05 Å². The average Bonchev–Trinajstić information content (AvgIpc) is 2.77. The first kappa shape index (κ1) is 15.9. The Bertz CT molecular complexity index is 923. The average molecular weight is 333 g/mol. The topological polar surface area (TPSA) is 52.9 Å². The van der Waals surface area contributed by atoms with Crippen LogP contribution in [-0.4, -0.2) is 9.36 Å². The van der Waals surface area contributed by atoms with E-state index >= 15 is 0 Å². The van der Waals surface area contributed by atoms with Crippen molar-refractivity contribution in [2.45, 2.75) is 6.18 Å². The van der Waals surface area contributed by atoms with Crippen LogP contribution in [0.4, 0.5) is 18.9 Å². The Morgan fingerprint density at radius 2 is 1.54 bits per heavy atom. The highest BCUT2D eigenvalue weighted by Crippen LogP contribution is 2.30. The molecule has 124 valence electrons. The summed E-state index contributed by atoms with van der Waals surface area (Å²) < 4.78 is 40.8. The van der Waals surface area contributed by atoms with E-state index in [1.165, 1.54) is 21.5 Å². The zero-order chi connectivity index (χ0) is 17.5. The molecule has 3 rings (SSSR count). The molecule has 4 nitrogen and oxygen atoms in total. The minimum Gasteiger partial charge on any atom is -0.392 e. The van der Waals surface area contributed by atoms with Crippen molar-refractivity contribution in [3.63, 3.8) is 0 Å². The summed E-state index contributed by atoms with van der Waals surface area (Å²) in [6.07, 6.45) is -4.42. The van der Waals surface area contributed by atoms with Gasteiger partial charge < -0.3 is 5.73 Å². The number of anilines is 1. The second kappa shape index (κ2) is 5.59. The zero-order valence-electron chi connectivity index (χ0n) is 12.7. The molecule has 0 atom stereocenters. The molecule has 2 N–H and O–H groups in total. The van der Waals surface area contributed by atoms with Crippen molar-refractivity contribution in [3.8, 4) is 16.9 Å². The van der Waals surface area contributed by atoms with Gasteiger partial charge in [-0.05, 0) is 24.3 Å². The maximum absolute atomic E-state index is 12.7. The molecule has 3 aromatic rings. The van der Waals surface area contributed by atoms with Gasteiger partial charge in [0.2, 0.25) is 0 Å². The zero-order valence-corrected chi connectivity index (χ0v) is 12.7. The Morgan fingerprint density at radius 1 is 0.958 bits per heavy atom. The first-order valence-corrected chi connectivity index (χ1v) is 7.11. The molecule has 7 heteroatoms. The number of halogens is 3. The van der Waals surface area contributed by atoms with Gasteiger partial charge in [-0.15, -0.1) is 0 Å². The predicted molar refractivity (Wildman–Crippen MR) is 85.9 cm³/mol. The van der Waals surface area contributed by atoms with Gasteiger partial charge in [-0.2, -0.15) is 13.2 Å². The Balaban J connectivity index is 2.15. The van der Waals surface area contributed by atoms with Gasteiger partial charge in [0.1, 0.15) is 5.69 Å². The second-order valence-electron chi connectivity index (χ2n) is 5.31. The number of nitrogen functional groups attached to an aromatic ring is 1. The van der Waals surface area contributed by atoms with Crippen LogP contribution in [0, 0.1) is 0 Å². The van der Waals surface area contributed by atoms with E-state index in [-0.39, 0.29) is 5.69 Å². The number of nitrogens with zero attached hydrogens (tertiary/aromatic N) is 2. The van der Waals surface area contributed by atoms with Gasteiger partial charge in [0.25, 0.3) is 5.56 Å². The van der Waals surface area contributed by atoms with Crippen molar-refractivity contribution in [2.75, 3.05) is 5.73 Å². The molecule has 0 radical (unpaired) electrons. The molecule has 0 unspecified atom stereocenters. The van der Waals surface area contributed by atoms with Gasteiger partial charge in [-0.1, -0.05) is 30.3 Å². The monoisotopic (exact) mass is 333 g/mol. The van der Waals surface area contributed by atoms with Crippen LogP contribution in [0.5, 0.6) is 0 Å². The third kappa shape index (κ3) is 2.58. The van der Waals surface area contributed by atoms with Crippen molar-refractivity contribution in [1.82, 2.24) is 9.36 Å². The Labute approximate surface area is 135 Å². The lowest BCUT2D eigenvalue weighted by Gasteiger charge is -2.11. The standard InChI is InChI=1S/C17H14F3N3O/c1-22-15(11-5-3-2-4-6-11)14(21)16(24)23(22)13-9-7-12(8-10-13)17(18,19)20/h2-10H,21H2,1H3. The third-order valence-corrected chi connectivity index (χ3v) is 3.79. The SMILES string of the molecule is Cn1c(-c2ccccc2)c(N)c(=O)n1-c1ccc(C(F)(F)F)cc1. The van der Waals surface area contributed by atoms with E-state index in [0.717, 1.165) is 17.7 Å². The number of benzene rings is 2. The lowest BCUT2D eigenvalue weighted by molar-refractivity contribution is -0.137. The molecule has 0 fully saturated rings. The minimum absolute atomic E-state index is 0.0450. The Hall–Kier alpha value is -2.96. The van der Waals surface area contributed by atoms with Crippen molar-refractivity contribution in [3.05, 3.63) is 70.5 Å². The summed E-state index contributed by atoms with van der Waals surface area (Å²) in [5, 5.41) is 0. The van der Waals surface area contributed by atoms with Gasteiger partial charge in [0.05, 0.1) is 16.9 Å². The Kier molecular flexibility index (Phi) is 3.71. The van der Waals surface area contributed by atoms with Crippen LogP contribution >= 0.6 is 0 Å². The molecular weight excluding hydrogens is 319 g/mol. The van der Waals surface area contributed by atoms with E-state index in [4.69, 9.17) is 5.73 Å². The molecule has 0 aliphatic heterocycles. The van der Waals surface area contributed by atoms with Crippen LogP contribution in [0.3, 0.4) is 0 Å². The predicted octanol–water partition coefficient (Wildman–Crippen LogP) is 3.44. The van der Waals surface area contributed by atoms with E-state index in [0.29, 0.717) is 11.4 Å². The van der Waals surface area contributed by atoms with E-state index in [1.54, 1.807) is 7.05 Å². The van der Waals surface area contributed by atoms with Gasteiger partial charge in [0.15, 0.2) is 0 Å². The van der Waals surface area contributed by atoms with E-state index < -0.39 is 17.3 Å². The third-order valence-electron chi connectivity index (χ3n) is 3.79. The van der Waals surface area contributed by atoms with Gasteiger partial charge >= 0.3 is 6.18 Å². The molecule has 1 aromatic heterocycles. The molecule has 0 aliphatic rings. The molecule has 24 heavy (non-hydrogen) atoms. The molecule has 0 aliphatic carbocycles. The highest BCUT2D eigenvalue weighted by molar-refractivity contribution is 5.73. The molecule has 1 heterocycles. The normalized spacial score (nSPS) is 11.7. The highest BCUT2D eigenvalue weighted by Gasteiger charge is 2.30. The van der Waals surface area contributed by atoms with Crippen molar-refractivity contribution < 1.29 is 13.2 Å². The summed E-state index contributed by atoms with van der Waals surface area (Å²) in [6.45, 7) is 0. The quantitative estimate of drug-likeness (QED) is 0.781. The first-order chi connectivity index (χ1) is 11.3. The molecular formula is C17H14F3N3O. The smallest absolute Gasteiger partial charge is 0.392 e. The largest absolute Gasteiger partial charge is 0.416 e. The van der Waals surface area contributed by atoms with E-state index in [1.807, 2.05) is 30.3 Å². The fraction of sp³-hybridized carbons (Fsp3) is 0.118. The maximum atomic E-state index is 12.7. The van der Waals surface area contributed by atoms with Crippen LogP contribution in [-0.2, 0) is 13.2 Å². The van der Waals surface area contributed by atoms with Crippen LogP contribution in [0.25, 0.3) is 16.9 Å². The molecule has 2 aromatic carbocycles. The summed E-state index contributed by atoms with van der Waals surface area (Å²) in [5.74, 6) is 0. The molecule has 0 spiro atoms. The molecule has 0 saturated heterocycles. The summed E-state index contributed by atoms with van der Waals surface area (Å²) in [7, 11) is 1.64. The van der Waals surface area contributed by atoms with Crippen LogP contribution in [0.1, 0.15) is 5.56 Å². The van der Waals surface area contributed by atoms with Crippen LogP contribution in [0.2, 0.25) is 0 Å². The van der Waals surface area contributed by atoms with Gasteiger partial charge in [0, 0.05) is 12.6 Å². The number of nitrogens with two attached hydrogens (primary N) is 1. The summed E-state index contributed by atoms with van der Waals surface area (Å²) in [6, 6.07) is 13.5. The van der Waals surface area contributed by atoms with Gasteiger partial charge in [-0.3, -0.25) is 9.48 Å².